The van der Waals surface area contributed by atoms with Gasteiger partial charge in [-0.25, -0.2) is 0 Å². The molecule has 0 aliphatic rings. The van der Waals surface area contributed by atoms with Crippen LogP contribution in [-0.4, -0.2) is 23.5 Å². The predicted molar refractivity (Wildman–Crippen MR) is 102 cm³/mol. The fourth-order valence-corrected chi connectivity index (χ4v) is 17.7. The van der Waals surface area contributed by atoms with Crippen molar-refractivity contribution >= 4 is 18.4 Å². The molecule has 132 valence electrons. The van der Waals surface area contributed by atoms with Crippen LogP contribution in [0.4, 0.5) is 0 Å². The van der Waals surface area contributed by atoms with Crippen molar-refractivity contribution in [2.45, 2.75) is 85.1 Å². The first kappa shape index (κ1) is 20.8. The molecule has 1 unspecified atom stereocenters. The molecule has 0 amide bonds. The van der Waals surface area contributed by atoms with Crippen LogP contribution >= 0.6 is 0 Å². The van der Waals surface area contributed by atoms with E-state index in [9.17, 15) is 5.11 Å². The summed E-state index contributed by atoms with van der Waals surface area (Å²) in [5.41, 5.74) is 0. The van der Waals surface area contributed by atoms with Gasteiger partial charge < -0.3 is 0 Å². The second kappa shape index (κ2) is 12.2. The van der Waals surface area contributed by atoms with Crippen LogP contribution in [0.3, 0.4) is 0 Å². The maximum atomic E-state index is 10.2. The van der Waals surface area contributed by atoms with Gasteiger partial charge in [-0.15, -0.1) is 0 Å². The van der Waals surface area contributed by atoms with Gasteiger partial charge in [0.25, 0.3) is 0 Å². The van der Waals surface area contributed by atoms with Crippen LogP contribution in [0.2, 0.25) is 13.3 Å². The van der Waals surface area contributed by atoms with E-state index in [4.69, 9.17) is 4.42 Å². The first-order chi connectivity index (χ1) is 11.2. The number of furan rings is 1. The van der Waals surface area contributed by atoms with E-state index in [0.29, 0.717) is 12.2 Å². The van der Waals surface area contributed by atoms with E-state index in [-0.39, 0.29) is 0 Å². The van der Waals surface area contributed by atoms with Crippen LogP contribution in [0, 0.1) is 0 Å². The molecule has 0 fully saturated rings. The van der Waals surface area contributed by atoms with Crippen molar-refractivity contribution in [3.63, 3.8) is 0 Å². The summed E-state index contributed by atoms with van der Waals surface area (Å²) < 4.78 is 12.4. The average Bonchev–Trinajstić information content (AvgIpc) is 3.10. The molecule has 1 rings (SSSR count). The summed E-state index contributed by atoms with van der Waals surface area (Å²) in [7, 11) is 0. The molecule has 1 aromatic rings. The topological polar surface area (TPSA) is 33.4 Å². The molecule has 0 radical (unpaired) electrons. The van der Waals surface area contributed by atoms with Gasteiger partial charge in [-0.1, -0.05) is 0 Å². The van der Waals surface area contributed by atoms with Crippen LogP contribution in [0.25, 0.3) is 0 Å². The normalized spacial score (nSPS) is 13.7. The maximum absolute atomic E-state index is 10.2. The number of rotatable bonds is 13. The molecular formula is C20H36O2Sn. The SMILES string of the molecule is CCC[CH2][Sn](/[CH]=C/CC(O)c1ccco1)([CH2]CCC)[CH2]CCC. The van der Waals surface area contributed by atoms with Gasteiger partial charge in [0.15, 0.2) is 0 Å². The summed E-state index contributed by atoms with van der Waals surface area (Å²) in [6, 6.07) is 3.70. The van der Waals surface area contributed by atoms with Crippen molar-refractivity contribution < 1.29 is 9.52 Å². The second-order valence-electron chi connectivity index (χ2n) is 6.84. The van der Waals surface area contributed by atoms with Crippen LogP contribution in [-0.2, 0) is 0 Å². The van der Waals surface area contributed by atoms with E-state index < -0.39 is 24.5 Å². The van der Waals surface area contributed by atoms with Gasteiger partial charge in [0.1, 0.15) is 0 Å². The standard InChI is InChI=1S/C8H9O2.3C4H9.Sn/c1-2-4-7(9)8-5-3-6-10-8;3*1-3-4-2;/h1-3,5-7,9H,4H2;3*1,3-4H2,2H3;. The number of unbranched alkanes of at least 4 members (excludes halogenated alkanes) is 3. The monoisotopic (exact) mass is 428 g/mol. The predicted octanol–water partition coefficient (Wildman–Crippen LogP) is 6.65. The molecule has 3 heteroatoms. The zero-order valence-corrected chi connectivity index (χ0v) is 18.2. The Hall–Kier alpha value is -0.221. The van der Waals surface area contributed by atoms with Crippen LogP contribution in [0.15, 0.2) is 33.0 Å². The van der Waals surface area contributed by atoms with Crippen molar-refractivity contribution in [2.75, 3.05) is 0 Å². The van der Waals surface area contributed by atoms with Gasteiger partial charge in [-0.05, 0) is 0 Å². The van der Waals surface area contributed by atoms with E-state index in [1.54, 1.807) is 6.26 Å². The molecular weight excluding hydrogens is 391 g/mol. The van der Waals surface area contributed by atoms with Crippen LogP contribution in [0.1, 0.15) is 77.6 Å². The fourth-order valence-electron chi connectivity index (χ4n) is 3.26. The molecule has 0 bridgehead atoms. The number of hydrogen-bond donors (Lipinski definition) is 1. The molecule has 0 saturated carbocycles. The number of aliphatic hydroxyl groups excluding tert-OH is 1. The first-order valence-electron chi connectivity index (χ1n) is 9.56. The van der Waals surface area contributed by atoms with Crippen molar-refractivity contribution in [2.24, 2.45) is 0 Å². The van der Waals surface area contributed by atoms with E-state index in [0.717, 1.165) is 0 Å². The van der Waals surface area contributed by atoms with Crippen molar-refractivity contribution in [3.05, 3.63) is 34.3 Å². The molecule has 0 saturated heterocycles. The van der Waals surface area contributed by atoms with Gasteiger partial charge in [-0.2, -0.15) is 0 Å². The summed E-state index contributed by atoms with van der Waals surface area (Å²) in [6.07, 6.45) is 12.2. The first-order valence-corrected chi connectivity index (χ1v) is 17.3. The van der Waals surface area contributed by atoms with E-state index in [2.05, 4.69) is 30.9 Å². The number of hydrogen-bond acceptors (Lipinski definition) is 2. The zero-order valence-electron chi connectivity index (χ0n) is 15.4. The fraction of sp³-hybridized carbons (Fsp3) is 0.700. The summed E-state index contributed by atoms with van der Waals surface area (Å²) >= 11 is -2.18. The third kappa shape index (κ3) is 7.93. The molecule has 1 atom stereocenters. The molecule has 1 heterocycles. The van der Waals surface area contributed by atoms with E-state index in [1.807, 2.05) is 12.1 Å². The number of aliphatic hydroxyl groups is 1. The molecule has 1 aromatic heterocycles. The Morgan fingerprint density at radius 2 is 1.61 bits per heavy atom. The molecule has 0 aromatic carbocycles. The zero-order chi connectivity index (χ0) is 17.0. The van der Waals surface area contributed by atoms with Crippen molar-refractivity contribution in [1.82, 2.24) is 0 Å². The summed E-state index contributed by atoms with van der Waals surface area (Å²) in [5.74, 6) is 0.686. The molecule has 0 spiro atoms. The van der Waals surface area contributed by atoms with Crippen molar-refractivity contribution in [3.8, 4) is 0 Å². The van der Waals surface area contributed by atoms with Crippen LogP contribution in [0.5, 0.6) is 0 Å². The quantitative estimate of drug-likeness (QED) is 0.358. The Morgan fingerprint density at radius 3 is 2.04 bits per heavy atom. The van der Waals surface area contributed by atoms with Gasteiger partial charge in [-0.3, -0.25) is 0 Å². The Bertz CT molecular complexity index is 390. The Kier molecular flexibility index (Phi) is 11.0. The van der Waals surface area contributed by atoms with Gasteiger partial charge >= 0.3 is 147 Å². The molecule has 1 N–H and O–H groups in total. The van der Waals surface area contributed by atoms with Gasteiger partial charge in [0, 0.05) is 0 Å². The van der Waals surface area contributed by atoms with Crippen LogP contribution < -0.4 is 0 Å². The summed E-state index contributed by atoms with van der Waals surface area (Å²) in [4.78, 5) is 0. The van der Waals surface area contributed by atoms with E-state index >= 15 is 0 Å². The summed E-state index contributed by atoms with van der Waals surface area (Å²) in [5, 5.41) is 10.2. The second-order valence-corrected chi connectivity index (χ2v) is 19.9. The Morgan fingerprint density at radius 1 is 1.04 bits per heavy atom. The minimum atomic E-state index is -2.18. The summed E-state index contributed by atoms with van der Waals surface area (Å²) in [6.45, 7) is 6.92. The molecule has 0 aliphatic carbocycles. The molecule has 23 heavy (non-hydrogen) atoms. The minimum absolute atomic E-state index is 0.492. The van der Waals surface area contributed by atoms with E-state index in [1.165, 1.54) is 51.8 Å². The molecule has 2 nitrogen and oxygen atoms in total. The third-order valence-electron chi connectivity index (χ3n) is 4.79. The third-order valence-corrected chi connectivity index (χ3v) is 19.0. The van der Waals surface area contributed by atoms with Crippen molar-refractivity contribution in [1.29, 1.82) is 0 Å². The Balaban J connectivity index is 2.72. The van der Waals surface area contributed by atoms with Gasteiger partial charge in [0.05, 0.1) is 0 Å². The average molecular weight is 427 g/mol. The molecule has 0 aliphatic heterocycles. The Labute approximate surface area is 147 Å². The van der Waals surface area contributed by atoms with Gasteiger partial charge in [0.2, 0.25) is 0 Å².